The van der Waals surface area contributed by atoms with Crippen molar-refractivity contribution in [1.82, 2.24) is 0 Å². The molecule has 9 heteroatoms. The van der Waals surface area contributed by atoms with E-state index >= 15 is 0 Å². The van der Waals surface area contributed by atoms with Gasteiger partial charge in [-0.15, -0.1) is 0 Å². The zero-order chi connectivity index (χ0) is 21.1. The van der Waals surface area contributed by atoms with Gasteiger partial charge in [-0.3, -0.25) is 0 Å². The lowest BCUT2D eigenvalue weighted by molar-refractivity contribution is -0.178. The van der Waals surface area contributed by atoms with E-state index in [0.29, 0.717) is 0 Å². The monoisotopic (exact) mass is 394 g/mol. The molecule has 0 amide bonds. The van der Waals surface area contributed by atoms with Crippen LogP contribution in [-0.2, 0) is 42.9 Å². The molecule has 0 aromatic carbocycles. The number of ether oxygens (including phenoxy) is 5. The molecule has 0 aromatic heterocycles. The summed E-state index contributed by atoms with van der Waals surface area (Å²) < 4.78 is 26.2. The van der Waals surface area contributed by atoms with Crippen molar-refractivity contribution < 1.29 is 42.9 Å². The Kier molecular flexibility index (Phi) is 9.38. The van der Waals surface area contributed by atoms with Gasteiger partial charge in [-0.25, -0.2) is 19.2 Å². The van der Waals surface area contributed by atoms with Gasteiger partial charge in [-0.1, -0.05) is 26.3 Å². The molecule has 1 rings (SSSR count). The quantitative estimate of drug-likeness (QED) is 0.318. The molecule has 0 aliphatic carbocycles. The van der Waals surface area contributed by atoms with Gasteiger partial charge in [-0.2, -0.15) is 0 Å². The van der Waals surface area contributed by atoms with Gasteiger partial charge in [0.25, 0.3) is 0 Å². The minimum absolute atomic E-state index is 0.0127. The van der Waals surface area contributed by atoms with E-state index in [2.05, 4.69) is 26.3 Å². The highest BCUT2D eigenvalue weighted by molar-refractivity contribution is 5.83. The lowest BCUT2D eigenvalue weighted by Gasteiger charge is -2.29. The molecule has 0 saturated carbocycles. The molecule has 4 atom stereocenters. The molecule has 28 heavy (non-hydrogen) atoms. The summed E-state index contributed by atoms with van der Waals surface area (Å²) in [5.74, 6) is -3.07. The van der Waals surface area contributed by atoms with E-state index in [4.69, 9.17) is 23.7 Å². The van der Waals surface area contributed by atoms with Crippen molar-refractivity contribution in [2.45, 2.75) is 30.8 Å². The fourth-order valence-electron chi connectivity index (χ4n) is 2.32. The molecule has 152 valence electrons. The predicted molar refractivity (Wildman–Crippen MR) is 95.7 cm³/mol. The van der Waals surface area contributed by atoms with E-state index in [1.165, 1.54) is 0 Å². The number of hydrogen-bond donors (Lipinski definition) is 0. The molecule has 1 aliphatic rings. The Labute approximate surface area is 162 Å². The fourth-order valence-corrected chi connectivity index (χ4v) is 2.32. The first-order valence-corrected chi connectivity index (χ1v) is 8.24. The van der Waals surface area contributed by atoms with Crippen molar-refractivity contribution >= 4 is 23.9 Å². The van der Waals surface area contributed by atoms with Crippen LogP contribution in [-0.4, -0.2) is 61.5 Å². The first kappa shape index (κ1) is 22.8. The molecular weight excluding hydrogens is 372 g/mol. The van der Waals surface area contributed by atoms with Crippen molar-refractivity contribution in [1.29, 1.82) is 0 Å². The molecule has 1 saturated heterocycles. The SMILES string of the molecule is C=CC(=O)OCC1CC(OC(=O)C=C)[C@H](OC(=O)C=C)[C@H](OC(=O)C=C)CO1. The summed E-state index contributed by atoms with van der Waals surface area (Å²) in [7, 11) is 0. The predicted octanol–water partition coefficient (Wildman–Crippen LogP) is 0.798. The highest BCUT2D eigenvalue weighted by atomic mass is 16.6. The van der Waals surface area contributed by atoms with E-state index in [1.807, 2.05) is 0 Å². The Morgan fingerprint density at radius 1 is 0.786 bits per heavy atom. The lowest BCUT2D eigenvalue weighted by Crippen LogP contribution is -2.45. The Balaban J connectivity index is 3.12. The van der Waals surface area contributed by atoms with Crippen molar-refractivity contribution in [2.75, 3.05) is 13.2 Å². The van der Waals surface area contributed by atoms with Crippen molar-refractivity contribution in [2.24, 2.45) is 0 Å². The lowest BCUT2D eigenvalue weighted by atomic mass is 10.0. The van der Waals surface area contributed by atoms with Gasteiger partial charge in [0, 0.05) is 30.7 Å². The summed E-state index contributed by atoms with van der Waals surface area (Å²) in [6.45, 7) is 12.8. The molecule has 0 aromatic rings. The van der Waals surface area contributed by atoms with Crippen LogP contribution in [0.2, 0.25) is 0 Å². The minimum Gasteiger partial charge on any atom is -0.460 e. The summed E-state index contributed by atoms with van der Waals surface area (Å²) in [5.41, 5.74) is 0. The molecular formula is C19H22O9. The van der Waals surface area contributed by atoms with E-state index in [9.17, 15) is 19.2 Å². The topological polar surface area (TPSA) is 114 Å². The zero-order valence-corrected chi connectivity index (χ0v) is 15.2. The zero-order valence-electron chi connectivity index (χ0n) is 15.2. The normalized spacial score (nSPS) is 23.9. The number of carbonyl (C=O) groups is 4. The van der Waals surface area contributed by atoms with Crippen LogP contribution in [0.1, 0.15) is 6.42 Å². The molecule has 1 heterocycles. The summed E-state index contributed by atoms with van der Waals surface area (Å²) in [6.07, 6.45) is -0.392. The average Bonchev–Trinajstić information content (AvgIpc) is 2.85. The molecule has 0 N–H and O–H groups in total. The second-order valence-corrected chi connectivity index (χ2v) is 5.49. The number of hydrogen-bond acceptors (Lipinski definition) is 9. The van der Waals surface area contributed by atoms with Gasteiger partial charge in [0.05, 0.1) is 12.7 Å². The number of rotatable bonds is 9. The highest BCUT2D eigenvalue weighted by Gasteiger charge is 2.42. The van der Waals surface area contributed by atoms with Gasteiger partial charge < -0.3 is 23.7 Å². The maximum Gasteiger partial charge on any atom is 0.330 e. The molecule has 1 aliphatic heterocycles. The van der Waals surface area contributed by atoms with E-state index < -0.39 is 48.3 Å². The van der Waals surface area contributed by atoms with Gasteiger partial charge in [0.15, 0.2) is 12.2 Å². The van der Waals surface area contributed by atoms with Crippen LogP contribution in [0.5, 0.6) is 0 Å². The second kappa shape index (κ2) is 11.5. The summed E-state index contributed by atoms with van der Waals surface area (Å²) in [5, 5.41) is 0. The summed E-state index contributed by atoms with van der Waals surface area (Å²) in [4.78, 5) is 46.4. The van der Waals surface area contributed by atoms with Crippen LogP contribution in [0.15, 0.2) is 50.6 Å². The average molecular weight is 394 g/mol. The molecule has 0 bridgehead atoms. The van der Waals surface area contributed by atoms with Crippen LogP contribution in [0, 0.1) is 0 Å². The maximum atomic E-state index is 11.7. The number of carbonyl (C=O) groups excluding carboxylic acids is 4. The minimum atomic E-state index is -1.20. The smallest absolute Gasteiger partial charge is 0.330 e. The first-order valence-electron chi connectivity index (χ1n) is 8.24. The highest BCUT2D eigenvalue weighted by Crippen LogP contribution is 2.24. The van der Waals surface area contributed by atoms with Gasteiger partial charge >= 0.3 is 23.9 Å². The maximum absolute atomic E-state index is 11.7. The molecule has 0 radical (unpaired) electrons. The van der Waals surface area contributed by atoms with Crippen molar-refractivity contribution in [3.05, 3.63) is 50.6 Å². The Bertz CT molecular complexity index is 652. The second-order valence-electron chi connectivity index (χ2n) is 5.49. The summed E-state index contributed by atoms with van der Waals surface area (Å²) >= 11 is 0. The Hall–Kier alpha value is -3.20. The van der Waals surface area contributed by atoms with Gasteiger partial charge in [-0.05, 0) is 0 Å². The molecule has 0 spiro atoms. The molecule has 2 unspecified atom stereocenters. The standard InChI is InChI=1S/C19H22O9/c1-5-15(20)25-10-12-9-13(26-16(21)6-2)19(28-18(23)8-4)14(11-24-12)27-17(22)7-3/h5-8,12-14,19H,1-4,9-11H2/t12?,13?,14-,19+/m1/s1. The van der Waals surface area contributed by atoms with Crippen molar-refractivity contribution in [3.8, 4) is 0 Å². The Morgan fingerprint density at radius 2 is 1.29 bits per heavy atom. The van der Waals surface area contributed by atoms with Crippen LogP contribution in [0.3, 0.4) is 0 Å². The third-order valence-electron chi connectivity index (χ3n) is 3.59. The number of esters is 4. The van der Waals surface area contributed by atoms with Crippen LogP contribution in [0.25, 0.3) is 0 Å². The van der Waals surface area contributed by atoms with Crippen LogP contribution < -0.4 is 0 Å². The molecule has 9 nitrogen and oxygen atoms in total. The Morgan fingerprint density at radius 3 is 1.82 bits per heavy atom. The van der Waals surface area contributed by atoms with Crippen molar-refractivity contribution in [3.63, 3.8) is 0 Å². The summed E-state index contributed by atoms with van der Waals surface area (Å²) in [6, 6.07) is 0. The van der Waals surface area contributed by atoms with Crippen LogP contribution in [0.4, 0.5) is 0 Å². The third-order valence-corrected chi connectivity index (χ3v) is 3.59. The first-order chi connectivity index (χ1) is 13.3. The van der Waals surface area contributed by atoms with Gasteiger partial charge in [0.1, 0.15) is 12.7 Å². The third kappa shape index (κ3) is 7.20. The van der Waals surface area contributed by atoms with E-state index in [1.54, 1.807) is 0 Å². The largest absolute Gasteiger partial charge is 0.460 e. The van der Waals surface area contributed by atoms with Crippen LogP contribution >= 0.6 is 0 Å². The van der Waals surface area contributed by atoms with E-state index in [0.717, 1.165) is 24.3 Å². The van der Waals surface area contributed by atoms with E-state index in [-0.39, 0.29) is 19.6 Å². The molecule has 1 fully saturated rings. The fraction of sp³-hybridized carbons (Fsp3) is 0.368. The van der Waals surface area contributed by atoms with Gasteiger partial charge in [0.2, 0.25) is 0 Å².